The lowest BCUT2D eigenvalue weighted by atomic mass is 10.2. The Kier molecular flexibility index (Phi) is 5.85. The van der Waals surface area contributed by atoms with Crippen LogP contribution in [0.4, 0.5) is 5.82 Å². The summed E-state index contributed by atoms with van der Waals surface area (Å²) in [6.07, 6.45) is 3.31. The third-order valence-electron chi connectivity index (χ3n) is 3.17. The maximum Gasteiger partial charge on any atom is 0.266 e. The van der Waals surface area contributed by atoms with Gasteiger partial charge in [-0.2, -0.15) is 0 Å². The highest BCUT2D eigenvalue weighted by molar-refractivity contribution is 7.92. The van der Waals surface area contributed by atoms with Gasteiger partial charge in [-0.05, 0) is 43.2 Å². The fourth-order valence-corrected chi connectivity index (χ4v) is 3.29. The van der Waals surface area contributed by atoms with Crippen molar-refractivity contribution < 1.29 is 13.2 Å². The number of unbranched alkanes of at least 4 members (excludes halogenated alkanes) is 1. The van der Waals surface area contributed by atoms with Gasteiger partial charge >= 0.3 is 0 Å². The van der Waals surface area contributed by atoms with Crippen LogP contribution in [0.25, 0.3) is 0 Å². The number of rotatable bonds is 7. The van der Waals surface area contributed by atoms with E-state index >= 15 is 0 Å². The number of halogens is 1. The van der Waals surface area contributed by atoms with Crippen LogP contribution in [0.5, 0.6) is 5.75 Å². The van der Waals surface area contributed by atoms with Gasteiger partial charge in [0.1, 0.15) is 16.5 Å². The molecule has 2 rings (SSSR count). The average Bonchev–Trinajstić information content (AvgIpc) is 2.51. The Labute approximate surface area is 141 Å². The largest absolute Gasteiger partial charge is 0.492 e. The summed E-state index contributed by atoms with van der Waals surface area (Å²) >= 11 is 6.09. The molecule has 0 unspecified atom stereocenters. The van der Waals surface area contributed by atoms with Gasteiger partial charge in [0.2, 0.25) is 0 Å². The molecule has 23 heavy (non-hydrogen) atoms. The van der Waals surface area contributed by atoms with E-state index in [4.69, 9.17) is 16.3 Å². The normalized spacial score (nSPS) is 11.3. The molecule has 0 aliphatic rings. The Balaban J connectivity index is 2.37. The van der Waals surface area contributed by atoms with Gasteiger partial charge in [0.15, 0.2) is 0 Å². The number of benzene rings is 1. The molecule has 0 spiro atoms. The Morgan fingerprint density at radius 2 is 2.09 bits per heavy atom. The number of nitrogens with zero attached hydrogens (tertiary/aromatic N) is 1. The van der Waals surface area contributed by atoms with E-state index < -0.39 is 10.0 Å². The smallest absolute Gasteiger partial charge is 0.266 e. The minimum atomic E-state index is -3.84. The van der Waals surface area contributed by atoms with Gasteiger partial charge in [0, 0.05) is 11.2 Å². The fourth-order valence-electron chi connectivity index (χ4n) is 1.90. The zero-order chi connectivity index (χ0) is 16.9. The molecule has 7 heteroatoms. The van der Waals surface area contributed by atoms with Crippen LogP contribution in [-0.4, -0.2) is 20.0 Å². The van der Waals surface area contributed by atoms with Crippen LogP contribution in [-0.2, 0) is 10.0 Å². The molecule has 1 N–H and O–H groups in total. The van der Waals surface area contributed by atoms with Gasteiger partial charge < -0.3 is 4.74 Å². The van der Waals surface area contributed by atoms with Crippen LogP contribution in [0, 0.1) is 6.92 Å². The molecule has 0 amide bonds. The molecule has 2 aromatic rings. The molecule has 0 fully saturated rings. The van der Waals surface area contributed by atoms with Crippen molar-refractivity contribution >= 4 is 27.4 Å². The van der Waals surface area contributed by atoms with E-state index in [1.165, 1.54) is 12.3 Å². The summed E-state index contributed by atoms with van der Waals surface area (Å²) in [7, 11) is -3.84. The minimum Gasteiger partial charge on any atom is -0.492 e. The van der Waals surface area contributed by atoms with Crippen molar-refractivity contribution in [2.45, 2.75) is 31.6 Å². The van der Waals surface area contributed by atoms with Crippen LogP contribution >= 0.6 is 11.6 Å². The molecule has 1 aromatic carbocycles. The summed E-state index contributed by atoms with van der Waals surface area (Å²) < 4.78 is 33.3. The number of pyridine rings is 1. The molecule has 0 saturated carbocycles. The van der Waals surface area contributed by atoms with Crippen LogP contribution < -0.4 is 9.46 Å². The zero-order valence-electron chi connectivity index (χ0n) is 13.0. The monoisotopic (exact) mass is 354 g/mol. The van der Waals surface area contributed by atoms with E-state index in [2.05, 4.69) is 9.71 Å². The van der Waals surface area contributed by atoms with Crippen LogP contribution in [0.1, 0.15) is 25.3 Å². The molecule has 0 bridgehead atoms. The third kappa shape index (κ3) is 4.59. The third-order valence-corrected chi connectivity index (χ3v) is 4.96. The standard InChI is InChI=1S/C16H19ClN2O3S/c1-3-4-9-22-14-10-12(2)13(17)11-15(14)23(20,21)19-16-7-5-6-8-18-16/h5-8,10-11H,3-4,9H2,1-2H3,(H,18,19). The van der Waals surface area contributed by atoms with Gasteiger partial charge in [0.05, 0.1) is 6.61 Å². The van der Waals surface area contributed by atoms with Crippen molar-refractivity contribution in [3.05, 3.63) is 47.1 Å². The van der Waals surface area contributed by atoms with Gasteiger partial charge in [-0.15, -0.1) is 0 Å². The number of aryl methyl sites for hydroxylation is 1. The predicted molar refractivity (Wildman–Crippen MR) is 91.6 cm³/mol. The number of hydrogen-bond acceptors (Lipinski definition) is 4. The van der Waals surface area contributed by atoms with Crippen molar-refractivity contribution in [3.63, 3.8) is 0 Å². The summed E-state index contributed by atoms with van der Waals surface area (Å²) in [5.74, 6) is 0.535. The molecule has 0 aliphatic carbocycles. The Hall–Kier alpha value is -1.79. The SMILES string of the molecule is CCCCOc1cc(C)c(Cl)cc1S(=O)(=O)Nc1ccccn1. The lowest BCUT2D eigenvalue weighted by Crippen LogP contribution is -2.15. The first kappa shape index (κ1) is 17.6. The molecular weight excluding hydrogens is 336 g/mol. The zero-order valence-corrected chi connectivity index (χ0v) is 14.6. The first-order chi connectivity index (χ1) is 10.9. The predicted octanol–water partition coefficient (Wildman–Crippen LogP) is 4.02. The van der Waals surface area contributed by atoms with Crippen LogP contribution in [0.3, 0.4) is 0 Å². The van der Waals surface area contributed by atoms with E-state index in [0.717, 1.165) is 18.4 Å². The van der Waals surface area contributed by atoms with Gasteiger partial charge in [-0.25, -0.2) is 13.4 Å². The minimum absolute atomic E-state index is 0.00913. The highest BCUT2D eigenvalue weighted by Crippen LogP contribution is 2.31. The molecule has 0 atom stereocenters. The van der Waals surface area contributed by atoms with Crippen molar-refractivity contribution in [2.24, 2.45) is 0 Å². The summed E-state index contributed by atoms with van der Waals surface area (Å²) in [6, 6.07) is 8.03. The van der Waals surface area contributed by atoms with Crippen molar-refractivity contribution in [1.82, 2.24) is 4.98 Å². The van der Waals surface area contributed by atoms with Crippen molar-refractivity contribution in [1.29, 1.82) is 0 Å². The molecule has 1 aromatic heterocycles. The number of nitrogens with one attached hydrogen (secondary N) is 1. The van der Waals surface area contributed by atoms with Gasteiger partial charge in [-0.3, -0.25) is 4.72 Å². The van der Waals surface area contributed by atoms with E-state index in [1.54, 1.807) is 31.2 Å². The quantitative estimate of drug-likeness (QED) is 0.762. The first-order valence-corrected chi connectivity index (χ1v) is 9.17. The Bertz CT molecular complexity index is 764. The molecular formula is C16H19ClN2O3S. The van der Waals surface area contributed by atoms with Crippen molar-refractivity contribution in [3.8, 4) is 5.75 Å². The number of aromatic nitrogens is 1. The second-order valence-electron chi connectivity index (χ2n) is 5.07. The molecule has 124 valence electrons. The topological polar surface area (TPSA) is 68.3 Å². The maximum atomic E-state index is 12.6. The first-order valence-electron chi connectivity index (χ1n) is 7.31. The highest BCUT2D eigenvalue weighted by Gasteiger charge is 2.22. The summed E-state index contributed by atoms with van der Waals surface area (Å²) in [6.45, 7) is 4.29. The van der Waals surface area contributed by atoms with Crippen LogP contribution in [0.15, 0.2) is 41.4 Å². The molecule has 5 nitrogen and oxygen atoms in total. The second kappa shape index (κ2) is 7.66. The molecule has 0 saturated heterocycles. The Morgan fingerprint density at radius 3 is 2.74 bits per heavy atom. The maximum absolute atomic E-state index is 12.6. The second-order valence-corrected chi connectivity index (χ2v) is 7.13. The number of anilines is 1. The van der Waals surface area contributed by atoms with Crippen molar-refractivity contribution in [2.75, 3.05) is 11.3 Å². The van der Waals surface area contributed by atoms with Crippen LogP contribution in [0.2, 0.25) is 5.02 Å². The van der Waals surface area contributed by atoms with E-state index in [-0.39, 0.29) is 10.7 Å². The lowest BCUT2D eigenvalue weighted by molar-refractivity contribution is 0.301. The van der Waals surface area contributed by atoms with E-state index in [9.17, 15) is 8.42 Å². The Morgan fingerprint density at radius 1 is 1.30 bits per heavy atom. The number of ether oxygens (including phenoxy) is 1. The lowest BCUT2D eigenvalue weighted by Gasteiger charge is -2.14. The molecule has 0 aliphatic heterocycles. The average molecular weight is 355 g/mol. The van der Waals surface area contributed by atoms with Gasteiger partial charge in [0.25, 0.3) is 10.0 Å². The fraction of sp³-hybridized carbons (Fsp3) is 0.312. The van der Waals surface area contributed by atoms with Gasteiger partial charge in [-0.1, -0.05) is 31.0 Å². The number of hydrogen-bond donors (Lipinski definition) is 1. The summed E-state index contributed by atoms with van der Waals surface area (Å²) in [4.78, 5) is 3.98. The number of sulfonamides is 1. The molecule has 1 heterocycles. The van der Waals surface area contributed by atoms with E-state index in [1.807, 2.05) is 6.92 Å². The molecule has 0 radical (unpaired) electrons. The summed E-state index contributed by atoms with van der Waals surface area (Å²) in [5.41, 5.74) is 0.759. The highest BCUT2D eigenvalue weighted by atomic mass is 35.5. The summed E-state index contributed by atoms with van der Waals surface area (Å²) in [5, 5.41) is 0.370. The van der Waals surface area contributed by atoms with E-state index in [0.29, 0.717) is 17.4 Å².